The van der Waals surface area contributed by atoms with E-state index < -0.39 is 0 Å². The summed E-state index contributed by atoms with van der Waals surface area (Å²) in [6.07, 6.45) is 0.981. The molecule has 0 aromatic carbocycles. The van der Waals surface area contributed by atoms with Gasteiger partial charge in [0.15, 0.2) is 10.5 Å². The van der Waals surface area contributed by atoms with E-state index >= 15 is 0 Å². The molecule has 0 aliphatic carbocycles. The molecule has 0 radical (unpaired) electrons. The maximum absolute atomic E-state index is 4.94. The molecule has 3 heteroatoms. The Bertz CT molecular complexity index is 63.4. The molecule has 0 unspecified atom stereocenters. The highest BCUT2D eigenvalue weighted by molar-refractivity contribution is 5.97. The third-order valence-corrected chi connectivity index (χ3v) is 1.33. The van der Waals surface area contributed by atoms with Crippen LogP contribution < -0.4 is 0 Å². The van der Waals surface area contributed by atoms with Crippen molar-refractivity contribution in [2.24, 2.45) is 0 Å². The van der Waals surface area contributed by atoms with Crippen LogP contribution >= 0.6 is 0 Å². The average molecular weight is 134 g/mol. The monoisotopic (exact) mass is 134 g/mol. The molecule has 0 aromatic rings. The second-order valence-corrected chi connectivity index (χ2v) is 2.70. The summed E-state index contributed by atoms with van der Waals surface area (Å²) in [7, 11) is 0.652. The van der Waals surface area contributed by atoms with Crippen LogP contribution in [0.15, 0.2) is 0 Å². The number of hydrogen-bond acceptors (Lipinski definition) is 2. The molecule has 0 atom stereocenters. The third kappa shape index (κ3) is 3.18. The zero-order valence-electron chi connectivity index (χ0n) is 6.02. The van der Waals surface area contributed by atoms with Crippen molar-refractivity contribution in [3.05, 3.63) is 0 Å². The zero-order chi connectivity index (χ0) is 6.62. The van der Waals surface area contributed by atoms with E-state index in [0.29, 0.717) is 10.5 Å². The topological polar surface area (TPSA) is 18.5 Å². The van der Waals surface area contributed by atoms with Gasteiger partial charge in [-0.25, -0.2) is 4.89 Å². The van der Waals surface area contributed by atoms with E-state index in [1.807, 2.05) is 13.8 Å². The van der Waals surface area contributed by atoms with E-state index in [1.165, 1.54) is 0 Å². The number of hydrogen-bond donors (Lipinski definition) is 0. The minimum absolute atomic E-state index is 0.0955. The molecule has 0 rings (SSSR count). The van der Waals surface area contributed by atoms with E-state index in [1.54, 1.807) is 0 Å². The highest BCUT2D eigenvalue weighted by atomic mass is 28.2. The molecule has 0 aliphatic rings. The molecule has 0 aromatic heterocycles. The molecule has 0 bridgehead atoms. The van der Waals surface area contributed by atoms with Crippen molar-refractivity contribution in [2.45, 2.75) is 32.8 Å². The van der Waals surface area contributed by atoms with Gasteiger partial charge in [-0.15, -0.1) is 0 Å². The van der Waals surface area contributed by atoms with Gasteiger partial charge in [0.2, 0.25) is 0 Å². The van der Waals surface area contributed by atoms with E-state index in [9.17, 15) is 0 Å². The molecule has 0 N–H and O–H groups in total. The predicted molar refractivity (Wildman–Crippen MR) is 36.5 cm³/mol. The zero-order valence-corrected chi connectivity index (χ0v) is 8.02. The predicted octanol–water partition coefficient (Wildman–Crippen LogP) is 0.404. The Kier molecular flexibility index (Phi) is 3.27. The highest BCUT2D eigenvalue weighted by Gasteiger charge is 2.14. The summed E-state index contributed by atoms with van der Waals surface area (Å²) < 4.78 is 4.64. The highest BCUT2D eigenvalue weighted by Crippen LogP contribution is 2.12. The Morgan fingerprint density at radius 1 is 1.50 bits per heavy atom. The van der Waals surface area contributed by atoms with Crippen molar-refractivity contribution in [1.82, 2.24) is 0 Å². The molecule has 8 heavy (non-hydrogen) atoms. The van der Waals surface area contributed by atoms with Crippen LogP contribution in [0.3, 0.4) is 0 Å². The first-order valence-corrected chi connectivity index (χ1v) is 3.66. The fourth-order valence-electron chi connectivity index (χ4n) is 0.285. The van der Waals surface area contributed by atoms with Crippen LogP contribution in [-0.2, 0) is 9.46 Å². The van der Waals surface area contributed by atoms with E-state index in [4.69, 9.17) is 4.89 Å². The molecule has 0 amide bonds. The van der Waals surface area contributed by atoms with Crippen molar-refractivity contribution >= 4 is 10.5 Å². The van der Waals surface area contributed by atoms with Crippen molar-refractivity contribution < 1.29 is 9.46 Å². The minimum Gasteiger partial charge on any atom is -0.298 e. The van der Waals surface area contributed by atoms with Gasteiger partial charge in [-0.3, -0.25) is 4.58 Å². The van der Waals surface area contributed by atoms with Gasteiger partial charge in [0, 0.05) is 0 Å². The van der Waals surface area contributed by atoms with Crippen molar-refractivity contribution in [3.63, 3.8) is 0 Å². The number of rotatable bonds is 3. The van der Waals surface area contributed by atoms with Crippen molar-refractivity contribution in [2.75, 3.05) is 0 Å². The largest absolute Gasteiger partial charge is 0.298 e. The Balaban J connectivity index is 3.37. The SMILES string of the molecule is CCC(C)(C)OO[SiH3]. The van der Waals surface area contributed by atoms with Crippen molar-refractivity contribution in [3.8, 4) is 0 Å². The van der Waals surface area contributed by atoms with E-state index in [2.05, 4.69) is 11.5 Å². The Labute approximate surface area is 53.6 Å². The first-order valence-electron chi connectivity index (χ1n) is 2.84. The maximum atomic E-state index is 4.94. The fraction of sp³-hybridized carbons (Fsp3) is 1.00. The van der Waals surface area contributed by atoms with Crippen LogP contribution in [0.1, 0.15) is 27.2 Å². The van der Waals surface area contributed by atoms with Gasteiger partial charge in [0.05, 0.1) is 5.60 Å². The summed E-state index contributed by atoms with van der Waals surface area (Å²) in [6.45, 7) is 6.08. The lowest BCUT2D eigenvalue weighted by atomic mass is 10.1. The van der Waals surface area contributed by atoms with Crippen LogP contribution in [0.2, 0.25) is 0 Å². The summed E-state index contributed by atoms with van der Waals surface area (Å²) in [6, 6.07) is 0. The Morgan fingerprint density at radius 3 is 2.12 bits per heavy atom. The summed E-state index contributed by atoms with van der Waals surface area (Å²) in [5.74, 6) is 0. The molecule has 0 heterocycles. The summed E-state index contributed by atoms with van der Waals surface area (Å²) >= 11 is 0. The lowest BCUT2D eigenvalue weighted by Gasteiger charge is -2.20. The Morgan fingerprint density at radius 2 is 2.00 bits per heavy atom. The molecule has 2 nitrogen and oxygen atoms in total. The lowest BCUT2D eigenvalue weighted by Crippen LogP contribution is -2.22. The average Bonchev–Trinajstić information content (AvgIpc) is 1.67. The molecule has 0 fully saturated rings. The van der Waals surface area contributed by atoms with Gasteiger partial charge in [-0.05, 0) is 20.3 Å². The first kappa shape index (κ1) is 8.14. The Hall–Kier alpha value is 0.137. The van der Waals surface area contributed by atoms with Crippen LogP contribution in [0.5, 0.6) is 0 Å². The minimum atomic E-state index is -0.0955. The summed E-state index contributed by atoms with van der Waals surface area (Å²) in [5.41, 5.74) is -0.0955. The maximum Gasteiger partial charge on any atom is 0.193 e. The van der Waals surface area contributed by atoms with Gasteiger partial charge >= 0.3 is 0 Å². The van der Waals surface area contributed by atoms with Gasteiger partial charge in [0.25, 0.3) is 0 Å². The van der Waals surface area contributed by atoms with Crippen LogP contribution in [0, 0.1) is 0 Å². The molecule has 0 aliphatic heterocycles. The standard InChI is InChI=1S/C5H14O2Si/c1-4-5(2,3)6-7-8/h4H2,1-3,8H3. The van der Waals surface area contributed by atoms with Gasteiger partial charge in [-0.2, -0.15) is 0 Å². The van der Waals surface area contributed by atoms with Crippen LogP contribution in [0.25, 0.3) is 0 Å². The second kappa shape index (κ2) is 3.22. The molecule has 50 valence electrons. The van der Waals surface area contributed by atoms with Crippen molar-refractivity contribution in [1.29, 1.82) is 0 Å². The molecule has 0 saturated heterocycles. The van der Waals surface area contributed by atoms with E-state index in [-0.39, 0.29) is 5.60 Å². The molecule has 0 saturated carbocycles. The third-order valence-electron chi connectivity index (χ3n) is 1.16. The van der Waals surface area contributed by atoms with Gasteiger partial charge in [-0.1, -0.05) is 6.92 Å². The normalized spacial score (nSPS) is 12.4. The first-order chi connectivity index (χ1) is 3.62. The second-order valence-electron chi connectivity index (χ2n) is 2.36. The quantitative estimate of drug-likeness (QED) is 0.316. The smallest absolute Gasteiger partial charge is 0.193 e. The van der Waals surface area contributed by atoms with Gasteiger partial charge < -0.3 is 0 Å². The van der Waals surface area contributed by atoms with Gasteiger partial charge in [0.1, 0.15) is 0 Å². The van der Waals surface area contributed by atoms with Crippen LogP contribution in [0.4, 0.5) is 0 Å². The fourth-order valence-corrected chi connectivity index (χ4v) is 0.736. The molecule has 0 spiro atoms. The molecular weight excluding hydrogens is 120 g/mol. The molecular formula is C5H14O2Si. The summed E-state index contributed by atoms with van der Waals surface area (Å²) in [5, 5.41) is 0. The van der Waals surface area contributed by atoms with Crippen LogP contribution in [-0.4, -0.2) is 16.1 Å². The van der Waals surface area contributed by atoms with E-state index in [0.717, 1.165) is 6.42 Å². The lowest BCUT2D eigenvalue weighted by molar-refractivity contribution is -0.280. The summed E-state index contributed by atoms with van der Waals surface area (Å²) in [4.78, 5) is 4.94.